The second-order valence-corrected chi connectivity index (χ2v) is 10.0. The number of benzene rings is 1. The molecule has 1 heterocycles. The van der Waals surface area contributed by atoms with Gasteiger partial charge in [-0.2, -0.15) is 0 Å². The molecule has 0 spiro atoms. The van der Waals surface area contributed by atoms with Crippen LogP contribution in [0.15, 0.2) is 34.8 Å². The summed E-state index contributed by atoms with van der Waals surface area (Å²) in [6.07, 6.45) is 0. The third kappa shape index (κ3) is 2.52. The summed E-state index contributed by atoms with van der Waals surface area (Å²) in [6.45, 7) is 0.838. The summed E-state index contributed by atoms with van der Waals surface area (Å²) in [5.41, 5.74) is 0. The van der Waals surface area contributed by atoms with Crippen LogP contribution in [0.4, 0.5) is 21.6 Å². The first-order chi connectivity index (χ1) is 9.36. The minimum atomic E-state index is -5.66. The first-order valence-corrected chi connectivity index (χ1v) is 9.85. The number of hydrogen-bond acceptors (Lipinski definition) is 4. The van der Waals surface area contributed by atoms with Crippen molar-refractivity contribution in [2.45, 2.75) is 6.92 Å². The maximum absolute atomic E-state index is 14.7. The number of halogens is 5. The number of rotatable bonds is 3. The van der Waals surface area contributed by atoms with E-state index in [1.54, 1.807) is 0 Å². The molecule has 1 aromatic carbocycles. The van der Waals surface area contributed by atoms with E-state index in [9.17, 15) is 21.6 Å². The van der Waals surface area contributed by atoms with Gasteiger partial charge in [-0.05, 0) is 0 Å². The molecule has 1 aromatic rings. The van der Waals surface area contributed by atoms with Crippen molar-refractivity contribution in [1.29, 1.82) is 0 Å². The predicted octanol–water partition coefficient (Wildman–Crippen LogP) is 5.31. The van der Waals surface area contributed by atoms with Crippen LogP contribution >= 0.6 is 24.2 Å². The summed E-state index contributed by atoms with van der Waals surface area (Å²) in [6, 6.07) is 6.53. The Balaban J connectivity index is 2.56. The van der Waals surface area contributed by atoms with Crippen molar-refractivity contribution in [3.05, 3.63) is 30.3 Å². The number of nitrogens with zero attached hydrogens (tertiary/aromatic N) is 3. The molecule has 0 amide bonds. The fourth-order valence-corrected chi connectivity index (χ4v) is 9.01. The van der Waals surface area contributed by atoms with E-state index in [-0.39, 0.29) is 5.30 Å². The molecular weight excluding hydrogens is 342 g/mol. The molecular formula is C8H11F5N3OP3. The van der Waals surface area contributed by atoms with Crippen molar-refractivity contribution in [2.24, 2.45) is 4.52 Å². The standard InChI is InChI=1S/C8H11F5N3OP3/c1-2-17-20(13)15(9)18(11)14-19(12,16(20)10)8-6-4-3-5-7-8/h3-7,20H,2H2,1H3. The van der Waals surface area contributed by atoms with Crippen molar-refractivity contribution in [3.8, 4) is 0 Å². The third-order valence-corrected chi connectivity index (χ3v) is 10.0. The number of hydrogen-bond donors (Lipinski definition) is 0. The van der Waals surface area contributed by atoms with Gasteiger partial charge >= 0.3 is 113 Å². The average molecular weight is 353 g/mol. The molecule has 2 rings (SSSR count). The first kappa shape index (κ1) is 16.2. The van der Waals surface area contributed by atoms with Crippen molar-refractivity contribution in [1.82, 2.24) is 9.33 Å². The van der Waals surface area contributed by atoms with Gasteiger partial charge in [-0.1, -0.05) is 0 Å². The molecule has 0 radical (unpaired) electrons. The molecule has 0 bridgehead atoms. The Morgan fingerprint density at radius 3 is 2.50 bits per heavy atom. The van der Waals surface area contributed by atoms with Crippen molar-refractivity contribution in [2.75, 3.05) is 6.61 Å². The fraction of sp³-hybridized carbons (Fsp3) is 0.250. The molecule has 4 nitrogen and oxygen atoms in total. The summed E-state index contributed by atoms with van der Waals surface area (Å²) in [4.78, 5) is 0. The second kappa shape index (κ2) is 5.91. The van der Waals surface area contributed by atoms with Gasteiger partial charge in [-0.15, -0.1) is 0 Å². The van der Waals surface area contributed by atoms with Gasteiger partial charge in [-0.3, -0.25) is 0 Å². The van der Waals surface area contributed by atoms with Gasteiger partial charge in [0.2, 0.25) is 0 Å². The first-order valence-electron chi connectivity index (χ1n) is 5.45. The van der Waals surface area contributed by atoms with Gasteiger partial charge in [0, 0.05) is 0 Å². The SMILES string of the molecule is CCO[PH]1(F)N(F)P(F)N=P(F)(c2ccccc2)N1F. The van der Waals surface area contributed by atoms with E-state index in [4.69, 9.17) is 0 Å². The monoisotopic (exact) mass is 353 g/mol. The van der Waals surface area contributed by atoms with Crippen LogP contribution in [0.3, 0.4) is 0 Å². The Kier molecular flexibility index (Phi) is 4.80. The van der Waals surface area contributed by atoms with Crippen LogP contribution in [0.5, 0.6) is 0 Å². The predicted molar refractivity (Wildman–Crippen MR) is 71.5 cm³/mol. The molecule has 2 atom stereocenters. The van der Waals surface area contributed by atoms with E-state index >= 15 is 0 Å². The van der Waals surface area contributed by atoms with Crippen LogP contribution in [-0.2, 0) is 4.52 Å². The van der Waals surface area contributed by atoms with E-state index in [2.05, 4.69) is 9.04 Å². The maximum atomic E-state index is 14.7. The summed E-state index contributed by atoms with van der Waals surface area (Å²) in [5.74, 6) is 0. The molecule has 0 saturated heterocycles. The second-order valence-electron chi connectivity index (χ2n) is 3.67. The molecule has 0 aromatic heterocycles. The van der Waals surface area contributed by atoms with Crippen LogP contribution in [0.1, 0.15) is 6.92 Å². The van der Waals surface area contributed by atoms with Crippen LogP contribution in [-0.4, -0.2) is 15.9 Å². The Morgan fingerprint density at radius 1 is 1.35 bits per heavy atom. The van der Waals surface area contributed by atoms with Gasteiger partial charge in [0.05, 0.1) is 0 Å². The van der Waals surface area contributed by atoms with Crippen LogP contribution in [0.25, 0.3) is 0 Å². The zero-order valence-electron chi connectivity index (χ0n) is 10.1. The van der Waals surface area contributed by atoms with E-state index in [1.165, 1.54) is 25.1 Å². The minimum absolute atomic E-state index is 0.338. The Morgan fingerprint density at radius 2 is 1.95 bits per heavy atom. The summed E-state index contributed by atoms with van der Waals surface area (Å²) < 4.78 is 75.3. The van der Waals surface area contributed by atoms with E-state index in [0.717, 1.165) is 12.1 Å². The Hall–Kier alpha value is -0.160. The molecule has 2 unspecified atom stereocenters. The van der Waals surface area contributed by atoms with E-state index < -0.39 is 40.1 Å². The molecule has 0 saturated carbocycles. The average Bonchev–Trinajstić information content (AvgIpc) is 2.45. The van der Waals surface area contributed by atoms with Crippen molar-refractivity contribution >= 4 is 29.5 Å². The van der Waals surface area contributed by atoms with Crippen LogP contribution in [0, 0.1) is 0 Å². The molecule has 114 valence electrons. The van der Waals surface area contributed by atoms with E-state index in [0.29, 0.717) is 0 Å². The van der Waals surface area contributed by atoms with Crippen molar-refractivity contribution in [3.63, 3.8) is 0 Å². The van der Waals surface area contributed by atoms with Crippen molar-refractivity contribution < 1.29 is 26.1 Å². The molecule has 1 aliphatic heterocycles. The van der Waals surface area contributed by atoms with Crippen LogP contribution < -0.4 is 5.30 Å². The topological polar surface area (TPSA) is 28.1 Å². The normalized spacial score (nSPS) is 32.6. The van der Waals surface area contributed by atoms with Gasteiger partial charge in [0.15, 0.2) is 0 Å². The molecule has 1 aliphatic rings. The van der Waals surface area contributed by atoms with Gasteiger partial charge in [0.25, 0.3) is 0 Å². The summed E-state index contributed by atoms with van der Waals surface area (Å²) >= 11 is 0. The molecule has 0 aliphatic carbocycles. The zero-order chi connectivity index (χ0) is 15.0. The third-order valence-electron chi connectivity index (χ3n) is 2.44. The molecule has 12 heteroatoms. The zero-order valence-corrected chi connectivity index (χ0v) is 12.9. The van der Waals surface area contributed by atoms with E-state index in [1.807, 2.05) is 0 Å². The Bertz CT molecular complexity index is 537. The molecule has 20 heavy (non-hydrogen) atoms. The fourth-order valence-electron chi connectivity index (χ4n) is 1.56. The molecule has 0 N–H and O–H groups in total. The van der Waals surface area contributed by atoms with Gasteiger partial charge in [0.1, 0.15) is 0 Å². The quantitative estimate of drug-likeness (QED) is 0.419. The van der Waals surface area contributed by atoms with Crippen LogP contribution in [0.2, 0.25) is 0 Å². The van der Waals surface area contributed by atoms with Gasteiger partial charge < -0.3 is 0 Å². The molecule has 0 fully saturated rings. The summed E-state index contributed by atoms with van der Waals surface area (Å²) in [7, 11) is -14.1. The van der Waals surface area contributed by atoms with Gasteiger partial charge in [-0.25, -0.2) is 0 Å². The Labute approximate surface area is 114 Å². The summed E-state index contributed by atoms with van der Waals surface area (Å²) in [5, 5.41) is -0.338.